The van der Waals surface area contributed by atoms with E-state index in [0.29, 0.717) is 11.5 Å². The van der Waals surface area contributed by atoms with Gasteiger partial charge in [-0.2, -0.15) is 0 Å². The lowest BCUT2D eigenvalue weighted by Crippen LogP contribution is -2.31. The van der Waals surface area contributed by atoms with Crippen LogP contribution >= 0.6 is 0 Å². The SMILES string of the molecule is CN1CCC(Cn2cnc3cc(C(=O)O)ccc32)CC1. The van der Waals surface area contributed by atoms with Gasteiger partial charge in [-0.25, -0.2) is 9.78 Å². The van der Waals surface area contributed by atoms with E-state index in [0.717, 1.165) is 30.7 Å². The topological polar surface area (TPSA) is 58.4 Å². The van der Waals surface area contributed by atoms with Crippen molar-refractivity contribution >= 4 is 17.0 Å². The van der Waals surface area contributed by atoms with Gasteiger partial charge in [0.25, 0.3) is 0 Å². The molecule has 2 heterocycles. The number of piperidine rings is 1. The van der Waals surface area contributed by atoms with Gasteiger partial charge in [0.1, 0.15) is 0 Å². The van der Waals surface area contributed by atoms with Gasteiger partial charge in [-0.3, -0.25) is 0 Å². The predicted molar refractivity (Wildman–Crippen MR) is 76.9 cm³/mol. The number of carboxylic acid groups (broad SMARTS) is 1. The van der Waals surface area contributed by atoms with Crippen LogP contribution in [0.1, 0.15) is 23.2 Å². The van der Waals surface area contributed by atoms with E-state index in [1.807, 2.05) is 12.4 Å². The van der Waals surface area contributed by atoms with Crippen LogP contribution in [0, 0.1) is 5.92 Å². The number of rotatable bonds is 3. The van der Waals surface area contributed by atoms with Crippen LogP contribution in [0.2, 0.25) is 0 Å². The van der Waals surface area contributed by atoms with Crippen molar-refractivity contribution in [3.05, 3.63) is 30.1 Å². The summed E-state index contributed by atoms with van der Waals surface area (Å²) in [5.41, 5.74) is 2.08. The molecule has 0 saturated carbocycles. The Kier molecular flexibility index (Phi) is 3.44. The highest BCUT2D eigenvalue weighted by molar-refractivity contribution is 5.92. The molecule has 5 nitrogen and oxygen atoms in total. The zero-order valence-electron chi connectivity index (χ0n) is 11.6. The van der Waals surface area contributed by atoms with Gasteiger partial charge >= 0.3 is 5.97 Å². The number of aromatic carboxylic acids is 1. The molecule has 1 N–H and O–H groups in total. The van der Waals surface area contributed by atoms with Crippen molar-refractivity contribution in [3.8, 4) is 0 Å². The van der Waals surface area contributed by atoms with Crippen molar-refractivity contribution in [3.63, 3.8) is 0 Å². The molecule has 0 atom stereocenters. The molecule has 1 aliphatic rings. The highest BCUT2D eigenvalue weighted by Crippen LogP contribution is 2.21. The highest BCUT2D eigenvalue weighted by atomic mass is 16.4. The van der Waals surface area contributed by atoms with Gasteiger partial charge < -0.3 is 14.6 Å². The Hall–Kier alpha value is -1.88. The maximum absolute atomic E-state index is 11.0. The van der Waals surface area contributed by atoms with Crippen LogP contribution in [0.3, 0.4) is 0 Å². The zero-order valence-corrected chi connectivity index (χ0v) is 11.6. The lowest BCUT2D eigenvalue weighted by Gasteiger charge is -2.29. The molecule has 3 rings (SSSR count). The number of nitrogens with zero attached hydrogens (tertiary/aromatic N) is 3. The van der Waals surface area contributed by atoms with Crippen molar-refractivity contribution in [2.45, 2.75) is 19.4 Å². The van der Waals surface area contributed by atoms with E-state index in [1.165, 1.54) is 12.8 Å². The molecule has 0 radical (unpaired) electrons. The summed E-state index contributed by atoms with van der Waals surface area (Å²) in [4.78, 5) is 17.7. The van der Waals surface area contributed by atoms with Crippen LogP contribution < -0.4 is 0 Å². The number of carboxylic acids is 1. The molecule has 106 valence electrons. The summed E-state index contributed by atoms with van der Waals surface area (Å²) < 4.78 is 2.15. The molecule has 1 aromatic carbocycles. The van der Waals surface area contributed by atoms with E-state index in [-0.39, 0.29) is 0 Å². The van der Waals surface area contributed by atoms with E-state index in [1.54, 1.807) is 12.1 Å². The van der Waals surface area contributed by atoms with E-state index in [4.69, 9.17) is 5.11 Å². The number of likely N-dealkylation sites (tertiary alicyclic amines) is 1. The molecule has 20 heavy (non-hydrogen) atoms. The van der Waals surface area contributed by atoms with Gasteiger partial charge in [0.2, 0.25) is 0 Å². The minimum Gasteiger partial charge on any atom is -0.478 e. The molecule has 1 saturated heterocycles. The monoisotopic (exact) mass is 273 g/mol. The normalized spacial score (nSPS) is 17.6. The Bertz CT molecular complexity index is 627. The third kappa shape index (κ3) is 2.54. The van der Waals surface area contributed by atoms with E-state index in [9.17, 15) is 4.79 Å². The second kappa shape index (κ2) is 5.25. The van der Waals surface area contributed by atoms with Crippen LogP contribution in [-0.4, -0.2) is 45.7 Å². The predicted octanol–water partition coefficient (Wildman–Crippen LogP) is 2.08. The summed E-state index contributed by atoms with van der Waals surface area (Å²) in [5.74, 6) is -0.223. The summed E-state index contributed by atoms with van der Waals surface area (Å²) in [6.07, 6.45) is 4.25. The van der Waals surface area contributed by atoms with Crippen molar-refractivity contribution in [2.75, 3.05) is 20.1 Å². The van der Waals surface area contributed by atoms with Gasteiger partial charge in [-0.1, -0.05) is 0 Å². The fourth-order valence-electron chi connectivity index (χ4n) is 2.87. The third-order valence-corrected chi connectivity index (χ3v) is 4.16. The molecule has 5 heteroatoms. The minimum atomic E-state index is -0.906. The third-order valence-electron chi connectivity index (χ3n) is 4.16. The average molecular weight is 273 g/mol. The first kappa shape index (κ1) is 13.1. The summed E-state index contributed by atoms with van der Waals surface area (Å²) >= 11 is 0. The van der Waals surface area contributed by atoms with Gasteiger partial charge in [0, 0.05) is 6.54 Å². The van der Waals surface area contributed by atoms with Crippen molar-refractivity contribution in [1.82, 2.24) is 14.5 Å². The molecule has 2 aromatic rings. The molecule has 0 amide bonds. The average Bonchev–Trinajstić information content (AvgIpc) is 2.84. The Labute approximate surface area is 117 Å². The molecular formula is C15H19N3O2. The quantitative estimate of drug-likeness (QED) is 0.930. The molecule has 0 aliphatic carbocycles. The van der Waals surface area contributed by atoms with Gasteiger partial charge in [0.15, 0.2) is 0 Å². The first-order valence-electron chi connectivity index (χ1n) is 7.00. The van der Waals surface area contributed by atoms with Gasteiger partial charge in [-0.05, 0) is 57.1 Å². The fourth-order valence-corrected chi connectivity index (χ4v) is 2.87. The first-order valence-corrected chi connectivity index (χ1v) is 7.00. The summed E-state index contributed by atoms with van der Waals surface area (Å²) in [5, 5.41) is 9.00. The van der Waals surface area contributed by atoms with E-state index in [2.05, 4.69) is 21.5 Å². The van der Waals surface area contributed by atoms with Crippen molar-refractivity contribution < 1.29 is 9.90 Å². The Morgan fingerprint density at radius 3 is 2.85 bits per heavy atom. The molecule has 0 spiro atoms. The standard InChI is InChI=1S/C15H19N3O2/c1-17-6-4-11(5-7-17)9-18-10-16-13-8-12(15(19)20)2-3-14(13)18/h2-3,8,10-11H,4-7,9H2,1H3,(H,19,20). The first-order chi connectivity index (χ1) is 9.63. The highest BCUT2D eigenvalue weighted by Gasteiger charge is 2.18. The summed E-state index contributed by atoms with van der Waals surface area (Å²) in [7, 11) is 2.16. The molecule has 0 bridgehead atoms. The zero-order chi connectivity index (χ0) is 14.1. The molecule has 1 aromatic heterocycles. The van der Waals surface area contributed by atoms with Crippen LogP contribution in [0.4, 0.5) is 0 Å². The smallest absolute Gasteiger partial charge is 0.335 e. The van der Waals surface area contributed by atoms with Crippen LogP contribution in [-0.2, 0) is 6.54 Å². The van der Waals surface area contributed by atoms with Crippen LogP contribution in [0.5, 0.6) is 0 Å². The number of hydrogen-bond donors (Lipinski definition) is 1. The van der Waals surface area contributed by atoms with Gasteiger partial charge in [-0.15, -0.1) is 0 Å². The second-order valence-electron chi connectivity index (χ2n) is 5.65. The summed E-state index contributed by atoms with van der Waals surface area (Å²) in [6, 6.07) is 5.15. The van der Waals surface area contributed by atoms with Gasteiger partial charge in [0.05, 0.1) is 22.9 Å². The molecular weight excluding hydrogens is 254 g/mol. The fraction of sp³-hybridized carbons (Fsp3) is 0.467. The summed E-state index contributed by atoms with van der Waals surface area (Å²) in [6.45, 7) is 3.28. The van der Waals surface area contributed by atoms with Crippen LogP contribution in [0.25, 0.3) is 11.0 Å². The molecule has 1 aliphatic heterocycles. The Morgan fingerprint density at radius 1 is 1.40 bits per heavy atom. The molecule has 0 unspecified atom stereocenters. The van der Waals surface area contributed by atoms with E-state index >= 15 is 0 Å². The van der Waals surface area contributed by atoms with Crippen molar-refractivity contribution in [1.29, 1.82) is 0 Å². The Morgan fingerprint density at radius 2 is 2.15 bits per heavy atom. The minimum absolute atomic E-state index is 0.294. The number of aromatic nitrogens is 2. The van der Waals surface area contributed by atoms with E-state index < -0.39 is 5.97 Å². The lowest BCUT2D eigenvalue weighted by molar-refractivity contribution is 0.0697. The Balaban J connectivity index is 1.80. The van der Waals surface area contributed by atoms with Crippen LogP contribution in [0.15, 0.2) is 24.5 Å². The number of carbonyl (C=O) groups is 1. The number of fused-ring (bicyclic) bond motifs is 1. The second-order valence-corrected chi connectivity index (χ2v) is 5.65. The molecule has 1 fully saturated rings. The maximum atomic E-state index is 11.0. The number of hydrogen-bond acceptors (Lipinski definition) is 3. The largest absolute Gasteiger partial charge is 0.478 e. The number of benzene rings is 1. The maximum Gasteiger partial charge on any atom is 0.335 e. The number of imidazole rings is 1. The lowest BCUT2D eigenvalue weighted by atomic mass is 9.97. The van der Waals surface area contributed by atoms with Crippen molar-refractivity contribution in [2.24, 2.45) is 5.92 Å².